The van der Waals surface area contributed by atoms with Gasteiger partial charge in [0.15, 0.2) is 5.78 Å². The molecule has 2 aromatic carbocycles. The number of alkyl halides is 3. The van der Waals surface area contributed by atoms with Crippen LogP contribution in [0.1, 0.15) is 21.5 Å². The molecule has 7 nitrogen and oxygen atoms in total. The first kappa shape index (κ1) is 22.2. The van der Waals surface area contributed by atoms with Gasteiger partial charge >= 0.3 is 5.97 Å². The summed E-state index contributed by atoms with van der Waals surface area (Å²) in [4.78, 5) is 38.0. The van der Waals surface area contributed by atoms with E-state index >= 15 is 0 Å². The van der Waals surface area contributed by atoms with Gasteiger partial charge in [-0.1, -0.05) is 82.8 Å². The first-order valence-electron chi connectivity index (χ1n) is 8.60. The number of ketones is 1. The number of carbonyl (C=O) groups excluding carboxylic acids is 2. The quantitative estimate of drug-likeness (QED) is 0.669. The van der Waals surface area contributed by atoms with Gasteiger partial charge in [-0.25, -0.2) is 4.79 Å². The van der Waals surface area contributed by atoms with Crippen molar-refractivity contribution in [3.63, 3.8) is 0 Å². The Bertz CT molecular complexity index is 1030. The zero-order chi connectivity index (χ0) is 22.3. The number of nitrogens with zero attached hydrogens (tertiary/aromatic N) is 2. The number of amides is 1. The summed E-state index contributed by atoms with van der Waals surface area (Å²) in [6.45, 7) is 1.82. The van der Waals surface area contributed by atoms with Gasteiger partial charge in [0.1, 0.15) is 5.92 Å². The van der Waals surface area contributed by atoms with Crippen LogP contribution in [0.15, 0.2) is 59.7 Å². The summed E-state index contributed by atoms with van der Waals surface area (Å²) in [6, 6.07) is 14.1. The molecule has 2 N–H and O–H groups in total. The molecule has 0 radical (unpaired) electrons. The van der Waals surface area contributed by atoms with E-state index in [4.69, 9.17) is 34.8 Å². The lowest BCUT2D eigenvalue weighted by molar-refractivity contribution is -0.182. The van der Waals surface area contributed by atoms with Crippen LogP contribution in [0, 0.1) is 12.8 Å². The molecular weight excluding hydrogens is 455 g/mol. The van der Waals surface area contributed by atoms with E-state index in [2.05, 4.69) is 5.10 Å². The molecule has 3 rings (SSSR count). The first-order valence-corrected chi connectivity index (χ1v) is 9.73. The van der Waals surface area contributed by atoms with Crippen molar-refractivity contribution >= 4 is 58.2 Å². The predicted octanol–water partition coefficient (Wildman–Crippen LogP) is 3.18. The maximum Gasteiger partial charge on any atom is 0.360 e. The van der Waals surface area contributed by atoms with Crippen LogP contribution in [0.5, 0.6) is 0 Å². The topological polar surface area (TPSA) is 107 Å². The van der Waals surface area contributed by atoms with Gasteiger partial charge in [0.2, 0.25) is 3.79 Å². The first-order chi connectivity index (χ1) is 14.0. The van der Waals surface area contributed by atoms with Gasteiger partial charge in [-0.05, 0) is 24.6 Å². The number of carbonyl (C=O) groups is 3. The summed E-state index contributed by atoms with van der Waals surface area (Å²) in [5.74, 6) is -6.02. The molecule has 1 heterocycles. The molecule has 0 saturated heterocycles. The van der Waals surface area contributed by atoms with Crippen molar-refractivity contribution in [1.29, 1.82) is 0 Å². The number of hydrazone groups is 1. The Hall–Kier alpha value is -2.45. The van der Waals surface area contributed by atoms with Crippen LogP contribution in [-0.2, 0) is 9.59 Å². The SMILES string of the molecule is Cc1ccc(C2=NN(C(=O)c3ccccc3)C(O)(C(=O)O)C2C(=O)C(Cl)(Cl)Cl)cc1. The van der Waals surface area contributed by atoms with Gasteiger partial charge in [0.05, 0.1) is 5.71 Å². The fraction of sp³-hybridized carbons (Fsp3) is 0.200. The average Bonchev–Trinajstić information content (AvgIpc) is 3.01. The van der Waals surface area contributed by atoms with E-state index < -0.39 is 33.1 Å². The van der Waals surface area contributed by atoms with Crippen LogP contribution in [0.3, 0.4) is 0 Å². The minimum atomic E-state index is -3.10. The van der Waals surface area contributed by atoms with Gasteiger partial charge in [-0.2, -0.15) is 10.1 Å². The highest BCUT2D eigenvalue weighted by atomic mass is 35.6. The fourth-order valence-corrected chi connectivity index (χ4v) is 3.42. The predicted molar refractivity (Wildman–Crippen MR) is 112 cm³/mol. The normalized spacial score (nSPS) is 21.3. The van der Waals surface area contributed by atoms with Crippen LogP contribution in [-0.4, -0.2) is 48.1 Å². The van der Waals surface area contributed by atoms with Crippen LogP contribution in [0.4, 0.5) is 0 Å². The molecule has 0 bridgehead atoms. The van der Waals surface area contributed by atoms with E-state index in [9.17, 15) is 24.6 Å². The number of hydrogen-bond acceptors (Lipinski definition) is 5. The third-order valence-electron chi connectivity index (χ3n) is 4.62. The number of rotatable bonds is 4. The average molecular weight is 470 g/mol. The highest BCUT2D eigenvalue weighted by molar-refractivity contribution is 6.77. The Morgan fingerprint density at radius 2 is 1.60 bits per heavy atom. The zero-order valence-electron chi connectivity index (χ0n) is 15.4. The van der Waals surface area contributed by atoms with Crippen LogP contribution in [0.2, 0.25) is 0 Å². The molecule has 1 aliphatic rings. The molecule has 0 fully saturated rings. The van der Waals surface area contributed by atoms with Crippen molar-refractivity contribution < 1.29 is 24.6 Å². The molecule has 0 saturated carbocycles. The largest absolute Gasteiger partial charge is 0.478 e. The van der Waals surface area contributed by atoms with Crippen molar-refractivity contribution in [3.05, 3.63) is 71.3 Å². The number of benzene rings is 2. The van der Waals surface area contributed by atoms with Crippen LogP contribution < -0.4 is 0 Å². The summed E-state index contributed by atoms with van der Waals surface area (Å²) >= 11 is 17.2. The van der Waals surface area contributed by atoms with E-state index in [0.29, 0.717) is 5.01 Å². The third-order valence-corrected chi connectivity index (χ3v) is 5.18. The van der Waals surface area contributed by atoms with Crippen molar-refractivity contribution in [2.75, 3.05) is 0 Å². The van der Waals surface area contributed by atoms with Gasteiger partial charge in [-0.15, -0.1) is 0 Å². The van der Waals surface area contributed by atoms with Crippen molar-refractivity contribution in [2.24, 2.45) is 11.0 Å². The van der Waals surface area contributed by atoms with Gasteiger partial charge in [-0.3, -0.25) is 9.59 Å². The summed E-state index contributed by atoms with van der Waals surface area (Å²) in [5, 5.41) is 25.3. The maximum atomic E-state index is 13.0. The zero-order valence-corrected chi connectivity index (χ0v) is 17.7. The van der Waals surface area contributed by atoms with Gasteiger partial charge < -0.3 is 10.2 Å². The second-order valence-corrected chi connectivity index (χ2v) is 8.94. The summed E-state index contributed by atoms with van der Waals surface area (Å²) in [6.07, 6.45) is 0. The Labute approximate surface area is 186 Å². The molecule has 10 heteroatoms. The Morgan fingerprint density at radius 3 is 2.10 bits per heavy atom. The second-order valence-electron chi connectivity index (χ2n) is 6.66. The molecule has 0 spiro atoms. The third kappa shape index (κ3) is 3.81. The molecular formula is C20H15Cl3N2O5. The number of halogens is 3. The van der Waals surface area contributed by atoms with Crippen molar-refractivity contribution in [2.45, 2.75) is 16.4 Å². The van der Waals surface area contributed by atoms with Gasteiger partial charge in [0, 0.05) is 5.56 Å². The standard InChI is InChI=1S/C20H15Cl3N2O5/c1-11-7-9-12(10-8-11)15-14(16(26)20(21,22)23)19(30,18(28)29)25(24-15)17(27)13-5-3-2-4-6-13/h2-10,14,30H,1H3,(H,28,29). The minimum Gasteiger partial charge on any atom is -0.478 e. The molecule has 1 aliphatic heterocycles. The highest BCUT2D eigenvalue weighted by Crippen LogP contribution is 2.41. The number of hydrogen-bond donors (Lipinski definition) is 2. The lowest BCUT2D eigenvalue weighted by atomic mass is 9.84. The summed E-state index contributed by atoms with van der Waals surface area (Å²) < 4.78 is -2.56. The Balaban J connectivity index is 2.23. The Morgan fingerprint density at radius 1 is 1.03 bits per heavy atom. The maximum absolute atomic E-state index is 13.0. The van der Waals surface area contributed by atoms with E-state index in [1.807, 2.05) is 6.92 Å². The lowest BCUT2D eigenvalue weighted by Crippen LogP contribution is -2.60. The van der Waals surface area contributed by atoms with Crippen molar-refractivity contribution in [3.8, 4) is 0 Å². The number of aliphatic carboxylic acids is 1. The molecule has 2 unspecified atom stereocenters. The van der Waals surface area contributed by atoms with Crippen molar-refractivity contribution in [1.82, 2.24) is 5.01 Å². The molecule has 156 valence electrons. The van der Waals surface area contributed by atoms with E-state index in [1.54, 1.807) is 42.5 Å². The Kier molecular flexibility index (Phi) is 5.93. The fourth-order valence-electron chi connectivity index (χ4n) is 3.09. The summed E-state index contributed by atoms with van der Waals surface area (Å²) in [7, 11) is 0. The molecule has 2 aromatic rings. The van der Waals surface area contributed by atoms with Crippen LogP contribution in [0.25, 0.3) is 0 Å². The molecule has 30 heavy (non-hydrogen) atoms. The summed E-state index contributed by atoms with van der Waals surface area (Å²) in [5.41, 5.74) is -2.09. The molecule has 0 aromatic heterocycles. The number of carboxylic acid groups (broad SMARTS) is 1. The number of carboxylic acids is 1. The van der Waals surface area contributed by atoms with E-state index in [-0.39, 0.29) is 16.8 Å². The second kappa shape index (κ2) is 8.00. The number of Topliss-reactive ketones (excluding diaryl/α,β-unsaturated/α-hetero) is 1. The van der Waals surface area contributed by atoms with Gasteiger partial charge in [0.25, 0.3) is 11.6 Å². The molecule has 2 atom stereocenters. The van der Waals surface area contributed by atoms with Crippen LogP contribution >= 0.6 is 34.8 Å². The monoisotopic (exact) mass is 468 g/mol. The number of aryl methyl sites for hydroxylation is 1. The number of aliphatic hydroxyl groups is 1. The van der Waals surface area contributed by atoms with E-state index in [1.165, 1.54) is 12.1 Å². The van der Waals surface area contributed by atoms with E-state index in [0.717, 1.165) is 5.56 Å². The smallest absolute Gasteiger partial charge is 0.360 e. The highest BCUT2D eigenvalue weighted by Gasteiger charge is 2.64. The lowest BCUT2D eigenvalue weighted by Gasteiger charge is -2.32. The minimum absolute atomic E-state index is 0.0474. The molecule has 0 aliphatic carbocycles. The molecule has 1 amide bonds.